The summed E-state index contributed by atoms with van der Waals surface area (Å²) in [4.78, 5) is 25.0. The molecule has 2 amide bonds. The van der Waals surface area contributed by atoms with Gasteiger partial charge in [-0.1, -0.05) is 0 Å². The zero-order valence-corrected chi connectivity index (χ0v) is 13.2. The number of carbonyl (C=O) groups is 2. The summed E-state index contributed by atoms with van der Waals surface area (Å²) in [6.07, 6.45) is 5.42. The highest BCUT2D eigenvalue weighted by Gasteiger charge is 2.23. The zero-order chi connectivity index (χ0) is 16.2. The molecule has 23 heavy (non-hydrogen) atoms. The predicted octanol–water partition coefficient (Wildman–Crippen LogP) is 2.35. The first kappa shape index (κ1) is 15.3. The van der Waals surface area contributed by atoms with Crippen LogP contribution in [0.15, 0.2) is 22.8 Å². The van der Waals surface area contributed by atoms with Crippen LogP contribution >= 0.6 is 11.3 Å². The van der Waals surface area contributed by atoms with E-state index in [1.807, 2.05) is 0 Å². The van der Waals surface area contributed by atoms with Gasteiger partial charge in [0.1, 0.15) is 16.8 Å². The van der Waals surface area contributed by atoms with Gasteiger partial charge in [-0.3, -0.25) is 9.59 Å². The maximum Gasteiger partial charge on any atom is 0.314 e. The second-order valence-corrected chi connectivity index (χ2v) is 6.35. The Morgan fingerprint density at radius 1 is 1.30 bits per heavy atom. The van der Waals surface area contributed by atoms with Crippen molar-refractivity contribution in [2.75, 3.05) is 5.32 Å². The Labute approximate surface area is 137 Å². The van der Waals surface area contributed by atoms with Gasteiger partial charge in [-0.15, -0.1) is 11.3 Å². The summed E-state index contributed by atoms with van der Waals surface area (Å²) >= 11 is 1.40. The van der Waals surface area contributed by atoms with Gasteiger partial charge < -0.3 is 15.1 Å². The second kappa shape index (κ2) is 6.67. The monoisotopic (exact) mass is 329 g/mol. The third-order valence-corrected chi connectivity index (χ3v) is 4.93. The minimum atomic E-state index is -0.772. The lowest BCUT2D eigenvalue weighted by Crippen LogP contribution is -2.34. The molecule has 0 spiro atoms. The Bertz CT molecular complexity index is 771. The van der Waals surface area contributed by atoms with Crippen molar-refractivity contribution in [1.29, 1.82) is 5.26 Å². The number of hydrogen-bond acceptors (Lipinski definition) is 5. The van der Waals surface area contributed by atoms with E-state index in [4.69, 9.17) is 4.42 Å². The Balaban J connectivity index is 1.66. The number of rotatable bonds is 3. The summed E-state index contributed by atoms with van der Waals surface area (Å²) < 4.78 is 5.09. The topological polar surface area (TPSA) is 95.1 Å². The first-order valence-electron chi connectivity index (χ1n) is 7.35. The van der Waals surface area contributed by atoms with Crippen LogP contribution in [-0.2, 0) is 29.0 Å². The van der Waals surface area contributed by atoms with E-state index in [0.717, 1.165) is 36.1 Å². The molecule has 118 valence electrons. The van der Waals surface area contributed by atoms with Crippen LogP contribution in [0.5, 0.6) is 0 Å². The van der Waals surface area contributed by atoms with E-state index in [1.54, 1.807) is 12.1 Å². The van der Waals surface area contributed by atoms with Crippen molar-refractivity contribution >= 4 is 28.2 Å². The number of aryl methyl sites for hydroxylation is 1. The fraction of sp³-hybridized carbons (Fsp3) is 0.312. The lowest BCUT2D eigenvalue weighted by molar-refractivity contribution is -0.136. The van der Waals surface area contributed by atoms with Crippen molar-refractivity contribution in [1.82, 2.24) is 5.32 Å². The average Bonchev–Trinajstić information content (AvgIpc) is 3.19. The molecule has 2 aromatic rings. The molecule has 1 aliphatic carbocycles. The van der Waals surface area contributed by atoms with E-state index in [9.17, 15) is 14.9 Å². The summed E-state index contributed by atoms with van der Waals surface area (Å²) in [6.45, 7) is 0.144. The number of fused-ring (bicyclic) bond motifs is 1. The molecule has 0 aliphatic heterocycles. The highest BCUT2D eigenvalue weighted by molar-refractivity contribution is 7.16. The molecule has 0 saturated carbocycles. The molecule has 0 fully saturated rings. The number of furan rings is 1. The minimum absolute atomic E-state index is 0.144. The van der Waals surface area contributed by atoms with Crippen molar-refractivity contribution in [3.05, 3.63) is 40.2 Å². The summed E-state index contributed by atoms with van der Waals surface area (Å²) in [5.74, 6) is -0.959. The summed E-state index contributed by atoms with van der Waals surface area (Å²) in [5, 5.41) is 14.8. The molecule has 0 radical (unpaired) electrons. The Morgan fingerprint density at radius 2 is 2.13 bits per heavy atom. The van der Waals surface area contributed by atoms with Gasteiger partial charge in [-0.25, -0.2) is 0 Å². The summed E-state index contributed by atoms with van der Waals surface area (Å²) in [5.41, 5.74) is 1.52. The van der Waals surface area contributed by atoms with E-state index < -0.39 is 11.8 Å². The maximum atomic E-state index is 12.0. The minimum Gasteiger partial charge on any atom is -0.467 e. The molecule has 1 aliphatic rings. The first-order chi connectivity index (χ1) is 11.2. The second-order valence-electron chi connectivity index (χ2n) is 5.24. The van der Waals surface area contributed by atoms with Gasteiger partial charge in [0, 0.05) is 4.88 Å². The van der Waals surface area contributed by atoms with Crippen LogP contribution in [0.25, 0.3) is 0 Å². The number of nitrogens with one attached hydrogen (secondary N) is 2. The van der Waals surface area contributed by atoms with Gasteiger partial charge in [-0.2, -0.15) is 5.26 Å². The molecule has 2 aromatic heterocycles. The molecule has 2 N–H and O–H groups in total. The number of nitriles is 1. The normalized spacial score (nSPS) is 13.0. The molecule has 7 heteroatoms. The van der Waals surface area contributed by atoms with Gasteiger partial charge in [0.25, 0.3) is 0 Å². The number of anilines is 1. The van der Waals surface area contributed by atoms with Crippen LogP contribution in [-0.4, -0.2) is 11.8 Å². The Morgan fingerprint density at radius 3 is 2.87 bits per heavy atom. The molecule has 2 heterocycles. The van der Waals surface area contributed by atoms with E-state index in [2.05, 4.69) is 16.7 Å². The fourth-order valence-electron chi connectivity index (χ4n) is 2.59. The number of nitrogens with zero attached hydrogens (tertiary/aromatic N) is 1. The molecule has 0 bridgehead atoms. The zero-order valence-electron chi connectivity index (χ0n) is 12.3. The average molecular weight is 329 g/mol. The smallest absolute Gasteiger partial charge is 0.314 e. The third-order valence-electron chi connectivity index (χ3n) is 3.72. The fourth-order valence-corrected chi connectivity index (χ4v) is 3.83. The van der Waals surface area contributed by atoms with Crippen LogP contribution in [0.4, 0.5) is 5.00 Å². The molecule has 0 unspecified atom stereocenters. The van der Waals surface area contributed by atoms with Crippen LogP contribution in [0, 0.1) is 11.3 Å². The van der Waals surface area contributed by atoms with Crippen molar-refractivity contribution in [3.8, 4) is 6.07 Å². The van der Waals surface area contributed by atoms with Crippen molar-refractivity contribution in [3.63, 3.8) is 0 Å². The molecule has 0 saturated heterocycles. The maximum absolute atomic E-state index is 12.0. The quantitative estimate of drug-likeness (QED) is 0.845. The molecule has 3 rings (SSSR count). The SMILES string of the molecule is N#Cc1c(NC(=O)C(=O)NCc2ccco2)sc2c1CCCC2. The lowest BCUT2D eigenvalue weighted by atomic mass is 9.96. The summed E-state index contributed by atoms with van der Waals surface area (Å²) in [7, 11) is 0. The highest BCUT2D eigenvalue weighted by Crippen LogP contribution is 2.37. The number of carbonyl (C=O) groups excluding carboxylic acids is 2. The number of amides is 2. The largest absolute Gasteiger partial charge is 0.467 e. The van der Waals surface area contributed by atoms with Crippen LogP contribution in [0.3, 0.4) is 0 Å². The van der Waals surface area contributed by atoms with Crippen molar-refractivity contribution in [2.24, 2.45) is 0 Å². The molecular weight excluding hydrogens is 314 g/mol. The predicted molar refractivity (Wildman–Crippen MR) is 84.9 cm³/mol. The van der Waals surface area contributed by atoms with Gasteiger partial charge in [0.15, 0.2) is 0 Å². The highest BCUT2D eigenvalue weighted by atomic mass is 32.1. The van der Waals surface area contributed by atoms with E-state index in [0.29, 0.717) is 16.3 Å². The standard InChI is InChI=1S/C16H15N3O3S/c17-8-12-11-5-1-2-6-13(11)23-16(12)19-15(21)14(20)18-9-10-4-3-7-22-10/h3-4,7H,1-2,5-6,9H2,(H,18,20)(H,19,21). The van der Waals surface area contributed by atoms with Crippen LogP contribution in [0.1, 0.15) is 34.6 Å². The van der Waals surface area contributed by atoms with Gasteiger partial charge in [0.05, 0.1) is 18.4 Å². The first-order valence-corrected chi connectivity index (χ1v) is 8.17. The van der Waals surface area contributed by atoms with E-state index in [1.165, 1.54) is 17.6 Å². The number of thiophene rings is 1. The summed E-state index contributed by atoms with van der Waals surface area (Å²) in [6, 6.07) is 5.56. The van der Waals surface area contributed by atoms with Crippen LogP contribution < -0.4 is 10.6 Å². The van der Waals surface area contributed by atoms with Gasteiger partial charge >= 0.3 is 11.8 Å². The number of hydrogen-bond donors (Lipinski definition) is 2. The Hall–Kier alpha value is -2.59. The molecule has 0 atom stereocenters. The van der Waals surface area contributed by atoms with Gasteiger partial charge in [0.2, 0.25) is 0 Å². The molecule has 0 aromatic carbocycles. The molecule has 6 nitrogen and oxygen atoms in total. The van der Waals surface area contributed by atoms with Gasteiger partial charge in [-0.05, 0) is 43.4 Å². The van der Waals surface area contributed by atoms with Crippen molar-refractivity contribution in [2.45, 2.75) is 32.2 Å². The molecular formula is C16H15N3O3S. The van der Waals surface area contributed by atoms with Crippen LogP contribution in [0.2, 0.25) is 0 Å². The Kier molecular flexibility index (Phi) is 4.44. The van der Waals surface area contributed by atoms with E-state index in [-0.39, 0.29) is 6.54 Å². The van der Waals surface area contributed by atoms with Crippen molar-refractivity contribution < 1.29 is 14.0 Å². The third kappa shape index (κ3) is 3.27. The lowest BCUT2D eigenvalue weighted by Gasteiger charge is -2.09. The van der Waals surface area contributed by atoms with E-state index >= 15 is 0 Å².